The SMILES string of the molecule is O=C1N2CC[C@@H](c3nnc(CN4CCOCC4)o3)[C@H](C2)N1OS(=O)(=O)O. The van der Waals surface area contributed by atoms with Gasteiger partial charge in [-0.3, -0.25) is 9.45 Å². The molecule has 0 aromatic carbocycles. The molecular formula is C13H19N5O7S. The number of carbonyl (C=O) groups is 1. The molecule has 4 rings (SSSR count). The highest BCUT2D eigenvalue weighted by atomic mass is 32.3. The normalized spacial score (nSPS) is 27.3. The van der Waals surface area contributed by atoms with Gasteiger partial charge in [0.25, 0.3) is 0 Å². The van der Waals surface area contributed by atoms with Gasteiger partial charge in [0.2, 0.25) is 11.8 Å². The molecule has 1 N–H and O–H groups in total. The van der Waals surface area contributed by atoms with Crippen LogP contribution in [0.1, 0.15) is 24.1 Å². The molecule has 4 heterocycles. The van der Waals surface area contributed by atoms with Crippen LogP contribution in [0.15, 0.2) is 4.42 Å². The summed E-state index contributed by atoms with van der Waals surface area (Å²) in [5.41, 5.74) is 0. The van der Waals surface area contributed by atoms with Crippen LogP contribution >= 0.6 is 0 Å². The second-order valence-electron chi connectivity index (χ2n) is 6.44. The molecule has 0 saturated carbocycles. The van der Waals surface area contributed by atoms with Gasteiger partial charge >= 0.3 is 16.4 Å². The summed E-state index contributed by atoms with van der Waals surface area (Å²) in [6, 6.07) is -1.24. The molecule has 0 radical (unpaired) electrons. The number of urea groups is 1. The van der Waals surface area contributed by atoms with Crippen molar-refractivity contribution in [1.82, 2.24) is 25.1 Å². The van der Waals surface area contributed by atoms with E-state index in [4.69, 9.17) is 13.7 Å². The number of aromatic nitrogens is 2. The molecule has 0 aliphatic carbocycles. The minimum atomic E-state index is -4.81. The Morgan fingerprint density at radius 1 is 1.23 bits per heavy atom. The van der Waals surface area contributed by atoms with Gasteiger partial charge in [-0.25, -0.2) is 4.79 Å². The molecule has 2 atom stereocenters. The van der Waals surface area contributed by atoms with Crippen LogP contribution in [0.25, 0.3) is 0 Å². The zero-order valence-electron chi connectivity index (χ0n) is 13.9. The average Bonchev–Trinajstić information content (AvgIpc) is 3.15. The number of carbonyl (C=O) groups excluding carboxylic acids is 1. The fourth-order valence-corrected chi connectivity index (χ4v) is 3.91. The maximum Gasteiger partial charge on any atom is 0.418 e. The molecule has 12 nitrogen and oxygen atoms in total. The van der Waals surface area contributed by atoms with Crippen LogP contribution in [0.5, 0.6) is 0 Å². The van der Waals surface area contributed by atoms with E-state index in [-0.39, 0.29) is 12.5 Å². The summed E-state index contributed by atoms with van der Waals surface area (Å²) in [6.45, 7) is 4.06. The van der Waals surface area contributed by atoms with Crippen molar-refractivity contribution in [1.29, 1.82) is 0 Å². The van der Waals surface area contributed by atoms with Crippen molar-refractivity contribution in [3.63, 3.8) is 0 Å². The Bertz CT molecular complexity index is 778. The number of morpholine rings is 1. The highest BCUT2D eigenvalue weighted by Crippen LogP contribution is 2.36. The largest absolute Gasteiger partial charge is 0.423 e. The van der Waals surface area contributed by atoms with Crippen molar-refractivity contribution in [2.75, 3.05) is 39.4 Å². The number of amides is 2. The fourth-order valence-electron chi connectivity index (χ4n) is 3.53. The summed E-state index contributed by atoms with van der Waals surface area (Å²) in [5.74, 6) is 0.415. The number of hydroxylamine groups is 2. The molecule has 13 heteroatoms. The highest BCUT2D eigenvalue weighted by Gasteiger charge is 2.50. The van der Waals surface area contributed by atoms with E-state index in [0.29, 0.717) is 49.6 Å². The van der Waals surface area contributed by atoms with E-state index in [0.717, 1.165) is 13.1 Å². The van der Waals surface area contributed by atoms with Gasteiger partial charge in [-0.15, -0.1) is 14.5 Å². The summed E-state index contributed by atoms with van der Waals surface area (Å²) in [6.07, 6.45) is 0.529. The lowest BCUT2D eigenvalue weighted by molar-refractivity contribution is -0.0394. The van der Waals surface area contributed by atoms with Crippen LogP contribution in [-0.4, -0.2) is 89.5 Å². The Morgan fingerprint density at radius 2 is 2.00 bits per heavy atom. The third-order valence-corrected chi connectivity index (χ3v) is 5.13. The number of piperidine rings is 1. The standard InChI is InChI=1S/C13H19N5O7S/c19-13-17-2-1-9(10(7-17)18(13)25-26(20,21)22)12-15-14-11(24-12)8-16-3-5-23-6-4-16/h9-10H,1-8H2,(H,20,21,22)/t9-,10+/m1/s1. The van der Waals surface area contributed by atoms with Gasteiger partial charge < -0.3 is 14.1 Å². The van der Waals surface area contributed by atoms with Crippen LogP contribution in [0.4, 0.5) is 4.79 Å². The Hall–Kier alpha value is -1.80. The van der Waals surface area contributed by atoms with E-state index in [9.17, 15) is 13.2 Å². The van der Waals surface area contributed by atoms with E-state index >= 15 is 0 Å². The highest BCUT2D eigenvalue weighted by molar-refractivity contribution is 7.80. The lowest BCUT2D eigenvalue weighted by Crippen LogP contribution is -2.39. The lowest BCUT2D eigenvalue weighted by atomic mass is 9.93. The molecule has 0 unspecified atom stereocenters. The van der Waals surface area contributed by atoms with Gasteiger partial charge in [0.05, 0.1) is 31.7 Å². The van der Waals surface area contributed by atoms with Crippen molar-refractivity contribution >= 4 is 16.4 Å². The second kappa shape index (κ2) is 6.74. The zero-order chi connectivity index (χ0) is 18.3. The second-order valence-corrected chi connectivity index (χ2v) is 7.45. The summed E-state index contributed by atoms with van der Waals surface area (Å²) < 4.78 is 46.5. The third-order valence-electron chi connectivity index (χ3n) is 4.78. The maximum absolute atomic E-state index is 12.2. The number of rotatable bonds is 5. The Balaban J connectivity index is 1.49. The maximum atomic E-state index is 12.2. The van der Waals surface area contributed by atoms with Gasteiger partial charge in [-0.05, 0) is 6.42 Å². The lowest BCUT2D eigenvalue weighted by Gasteiger charge is -2.27. The van der Waals surface area contributed by atoms with E-state index in [1.807, 2.05) is 0 Å². The van der Waals surface area contributed by atoms with Crippen molar-refractivity contribution in [2.24, 2.45) is 0 Å². The fraction of sp³-hybridized carbons (Fsp3) is 0.769. The third kappa shape index (κ3) is 3.53. The molecule has 1 aromatic heterocycles. The first-order chi connectivity index (χ1) is 12.4. The molecule has 26 heavy (non-hydrogen) atoms. The molecular weight excluding hydrogens is 370 g/mol. The van der Waals surface area contributed by atoms with E-state index in [1.54, 1.807) is 0 Å². The summed E-state index contributed by atoms with van der Waals surface area (Å²) in [5, 5.41) is 8.82. The number of fused-ring (bicyclic) bond motifs is 2. The quantitative estimate of drug-likeness (QED) is 0.639. The van der Waals surface area contributed by atoms with Crippen LogP contribution in [0.3, 0.4) is 0 Å². The predicted octanol–water partition coefficient (Wildman–Crippen LogP) is -0.770. The number of hydrogen-bond donors (Lipinski definition) is 1. The van der Waals surface area contributed by atoms with Crippen LogP contribution in [0, 0.1) is 0 Å². The van der Waals surface area contributed by atoms with Gasteiger partial charge in [-0.2, -0.15) is 13.5 Å². The predicted molar refractivity (Wildman–Crippen MR) is 83.0 cm³/mol. The van der Waals surface area contributed by atoms with Crippen LogP contribution in [-0.2, 0) is 26.0 Å². The molecule has 0 spiro atoms. The van der Waals surface area contributed by atoms with Gasteiger partial charge in [0, 0.05) is 26.2 Å². The zero-order valence-corrected chi connectivity index (χ0v) is 14.7. The van der Waals surface area contributed by atoms with Gasteiger partial charge in [0.15, 0.2) is 0 Å². The van der Waals surface area contributed by atoms with Gasteiger partial charge in [-0.1, -0.05) is 0 Å². The molecule has 2 bridgehead atoms. The Morgan fingerprint density at radius 3 is 2.73 bits per heavy atom. The van der Waals surface area contributed by atoms with Crippen molar-refractivity contribution in [3.05, 3.63) is 11.8 Å². The Labute approximate surface area is 149 Å². The van der Waals surface area contributed by atoms with E-state index in [2.05, 4.69) is 19.4 Å². The van der Waals surface area contributed by atoms with Gasteiger partial charge in [0.1, 0.15) is 0 Å². The van der Waals surface area contributed by atoms with E-state index < -0.39 is 22.5 Å². The van der Waals surface area contributed by atoms with Crippen molar-refractivity contribution in [2.45, 2.75) is 24.9 Å². The number of ether oxygens (including phenoxy) is 1. The molecule has 3 aliphatic heterocycles. The van der Waals surface area contributed by atoms with Crippen molar-refractivity contribution < 1.29 is 31.2 Å². The number of hydrogen-bond acceptors (Lipinski definition) is 9. The minimum Gasteiger partial charge on any atom is -0.423 e. The summed E-state index contributed by atoms with van der Waals surface area (Å²) in [4.78, 5) is 15.8. The minimum absolute atomic E-state index is 0.264. The molecule has 3 aliphatic rings. The average molecular weight is 389 g/mol. The molecule has 3 saturated heterocycles. The monoisotopic (exact) mass is 389 g/mol. The smallest absolute Gasteiger partial charge is 0.418 e. The number of nitrogens with zero attached hydrogens (tertiary/aromatic N) is 5. The molecule has 144 valence electrons. The van der Waals surface area contributed by atoms with Crippen LogP contribution < -0.4 is 0 Å². The molecule has 1 aromatic rings. The van der Waals surface area contributed by atoms with Crippen molar-refractivity contribution in [3.8, 4) is 0 Å². The molecule has 2 amide bonds. The summed E-state index contributed by atoms with van der Waals surface area (Å²) >= 11 is 0. The first-order valence-electron chi connectivity index (χ1n) is 8.28. The first-order valence-corrected chi connectivity index (χ1v) is 9.65. The van der Waals surface area contributed by atoms with E-state index in [1.165, 1.54) is 4.90 Å². The summed E-state index contributed by atoms with van der Waals surface area (Å²) in [7, 11) is -4.81. The molecule has 3 fully saturated rings. The van der Waals surface area contributed by atoms with Crippen LogP contribution in [0.2, 0.25) is 0 Å². The first kappa shape index (κ1) is 17.6. The Kier molecular flexibility index (Phi) is 4.56. The topological polar surface area (TPSA) is 139 Å².